The van der Waals surface area contributed by atoms with Gasteiger partial charge in [0, 0.05) is 12.1 Å². The molecule has 0 aliphatic rings. The standard InChI is InChI=1S/C14H14N2O3S/c1-12-5-7-13(8-6-12)20(18,19)15-14(17)11-16-9-3-2-4-10-16/h2-10H,11H2,1H3/p+1. The van der Waals surface area contributed by atoms with Crippen LogP contribution in [0.1, 0.15) is 5.56 Å². The molecule has 2 aromatic rings. The van der Waals surface area contributed by atoms with Crippen molar-refractivity contribution in [2.45, 2.75) is 18.4 Å². The molecule has 0 radical (unpaired) electrons. The summed E-state index contributed by atoms with van der Waals surface area (Å²) in [5, 5.41) is 0. The number of aryl methyl sites for hydroxylation is 1. The SMILES string of the molecule is Cc1ccc(S(=O)(=O)NC(=O)C[n+]2ccccc2)cc1. The molecule has 5 nitrogen and oxygen atoms in total. The molecular formula is C14H15N2O3S+. The number of nitrogens with zero attached hydrogens (tertiary/aromatic N) is 1. The van der Waals surface area contributed by atoms with Crippen molar-refractivity contribution in [1.29, 1.82) is 0 Å². The molecule has 20 heavy (non-hydrogen) atoms. The number of hydrogen-bond donors (Lipinski definition) is 1. The van der Waals surface area contributed by atoms with Gasteiger partial charge in [0.05, 0.1) is 4.90 Å². The van der Waals surface area contributed by atoms with E-state index in [9.17, 15) is 13.2 Å². The van der Waals surface area contributed by atoms with E-state index in [4.69, 9.17) is 0 Å². The molecule has 1 amide bonds. The average Bonchev–Trinajstić information content (AvgIpc) is 2.39. The quantitative estimate of drug-likeness (QED) is 0.847. The van der Waals surface area contributed by atoms with Crippen LogP contribution >= 0.6 is 0 Å². The summed E-state index contributed by atoms with van der Waals surface area (Å²) in [5.41, 5.74) is 0.954. The normalized spacial score (nSPS) is 11.1. The van der Waals surface area contributed by atoms with Gasteiger partial charge in [0.2, 0.25) is 6.54 Å². The number of hydrogen-bond acceptors (Lipinski definition) is 3. The molecule has 1 N–H and O–H groups in total. The molecule has 6 heteroatoms. The number of amides is 1. The van der Waals surface area contributed by atoms with Crippen molar-refractivity contribution in [3.05, 3.63) is 60.4 Å². The Labute approximate surface area is 117 Å². The largest absolute Gasteiger partial charge is 0.299 e. The van der Waals surface area contributed by atoms with Gasteiger partial charge in [0.1, 0.15) is 0 Å². The smallest absolute Gasteiger partial charge is 0.267 e. The van der Waals surface area contributed by atoms with Gasteiger partial charge in [0.25, 0.3) is 15.9 Å². The first-order valence-corrected chi connectivity index (χ1v) is 7.52. The zero-order valence-electron chi connectivity index (χ0n) is 11.0. The Morgan fingerprint density at radius 2 is 1.70 bits per heavy atom. The summed E-state index contributed by atoms with van der Waals surface area (Å²) in [6, 6.07) is 11.7. The zero-order valence-corrected chi connectivity index (χ0v) is 11.8. The van der Waals surface area contributed by atoms with Gasteiger partial charge in [-0.25, -0.2) is 13.1 Å². The van der Waals surface area contributed by atoms with Gasteiger partial charge >= 0.3 is 0 Å². The Bertz CT molecular complexity index is 695. The molecule has 2 rings (SSSR count). The third-order valence-corrected chi connectivity index (χ3v) is 4.07. The van der Waals surface area contributed by atoms with Crippen molar-refractivity contribution < 1.29 is 17.8 Å². The first-order chi connectivity index (χ1) is 9.47. The van der Waals surface area contributed by atoms with E-state index in [1.165, 1.54) is 12.1 Å². The molecular weight excluding hydrogens is 276 g/mol. The van der Waals surface area contributed by atoms with Gasteiger partial charge in [-0.1, -0.05) is 23.8 Å². The molecule has 0 fully saturated rings. The molecule has 1 heterocycles. The van der Waals surface area contributed by atoms with E-state index >= 15 is 0 Å². The predicted molar refractivity (Wildman–Crippen MR) is 73.1 cm³/mol. The second-order valence-electron chi connectivity index (χ2n) is 4.39. The first-order valence-electron chi connectivity index (χ1n) is 6.04. The number of rotatable bonds is 4. The summed E-state index contributed by atoms with van der Waals surface area (Å²) in [4.78, 5) is 11.8. The van der Waals surface area contributed by atoms with Gasteiger partial charge in [-0.05, 0) is 19.1 Å². The summed E-state index contributed by atoms with van der Waals surface area (Å²) in [7, 11) is -3.81. The van der Waals surface area contributed by atoms with E-state index in [0.29, 0.717) is 0 Å². The highest BCUT2D eigenvalue weighted by Crippen LogP contribution is 2.09. The molecule has 0 spiro atoms. The van der Waals surface area contributed by atoms with Crippen LogP contribution in [0.3, 0.4) is 0 Å². The maximum Gasteiger partial charge on any atom is 0.299 e. The Morgan fingerprint density at radius 3 is 2.30 bits per heavy atom. The van der Waals surface area contributed by atoms with Crippen molar-refractivity contribution in [1.82, 2.24) is 4.72 Å². The molecule has 0 atom stereocenters. The van der Waals surface area contributed by atoms with Crippen LogP contribution in [0.25, 0.3) is 0 Å². The second kappa shape index (κ2) is 5.83. The molecule has 104 valence electrons. The van der Waals surface area contributed by atoms with Crippen LogP contribution < -0.4 is 9.29 Å². The Balaban J connectivity index is 2.08. The maximum absolute atomic E-state index is 12.0. The van der Waals surface area contributed by atoms with Gasteiger partial charge in [-0.3, -0.25) is 4.79 Å². The van der Waals surface area contributed by atoms with Crippen LogP contribution in [0.5, 0.6) is 0 Å². The second-order valence-corrected chi connectivity index (χ2v) is 6.07. The lowest BCUT2D eigenvalue weighted by Crippen LogP contribution is -2.44. The fourth-order valence-electron chi connectivity index (χ4n) is 1.66. The predicted octanol–water partition coefficient (Wildman–Crippen LogP) is 0.788. The van der Waals surface area contributed by atoms with Crippen LogP contribution in [-0.2, 0) is 21.4 Å². The zero-order chi connectivity index (χ0) is 14.6. The van der Waals surface area contributed by atoms with Crippen molar-refractivity contribution in [2.24, 2.45) is 0 Å². The summed E-state index contributed by atoms with van der Waals surface area (Å²) >= 11 is 0. The minimum atomic E-state index is -3.81. The number of sulfonamides is 1. The Hall–Kier alpha value is -2.21. The third kappa shape index (κ3) is 3.64. The monoisotopic (exact) mass is 291 g/mol. The van der Waals surface area contributed by atoms with E-state index in [1.807, 2.05) is 13.0 Å². The van der Waals surface area contributed by atoms with Crippen LogP contribution in [0.15, 0.2) is 59.8 Å². The first kappa shape index (κ1) is 14.2. The van der Waals surface area contributed by atoms with E-state index in [2.05, 4.69) is 4.72 Å². The molecule has 0 saturated carbocycles. The molecule has 0 bridgehead atoms. The van der Waals surface area contributed by atoms with Crippen LogP contribution in [0.2, 0.25) is 0 Å². The molecule has 0 unspecified atom stereocenters. The van der Waals surface area contributed by atoms with Crippen molar-refractivity contribution in [2.75, 3.05) is 0 Å². The van der Waals surface area contributed by atoms with Gasteiger partial charge in [0.15, 0.2) is 12.4 Å². The molecule has 1 aromatic carbocycles. The molecule has 1 aromatic heterocycles. The lowest BCUT2D eigenvalue weighted by atomic mass is 10.2. The number of carbonyl (C=O) groups excluding carboxylic acids is 1. The number of nitrogens with one attached hydrogen (secondary N) is 1. The minimum Gasteiger partial charge on any atom is -0.267 e. The average molecular weight is 291 g/mol. The van der Waals surface area contributed by atoms with Gasteiger partial charge in [-0.15, -0.1) is 0 Å². The summed E-state index contributed by atoms with van der Waals surface area (Å²) in [5.74, 6) is -0.582. The topological polar surface area (TPSA) is 67.1 Å². The number of pyridine rings is 1. The van der Waals surface area contributed by atoms with Crippen molar-refractivity contribution in [3.63, 3.8) is 0 Å². The fraction of sp³-hybridized carbons (Fsp3) is 0.143. The summed E-state index contributed by atoms with van der Waals surface area (Å²) in [6.07, 6.45) is 3.39. The van der Waals surface area contributed by atoms with Crippen LogP contribution in [0, 0.1) is 6.92 Å². The lowest BCUT2D eigenvalue weighted by Gasteiger charge is -2.05. The summed E-state index contributed by atoms with van der Waals surface area (Å²) in [6.45, 7) is 1.81. The highest BCUT2D eigenvalue weighted by Gasteiger charge is 2.19. The van der Waals surface area contributed by atoms with E-state index in [-0.39, 0.29) is 11.4 Å². The van der Waals surface area contributed by atoms with E-state index < -0.39 is 15.9 Å². The van der Waals surface area contributed by atoms with Crippen molar-refractivity contribution >= 4 is 15.9 Å². The maximum atomic E-state index is 12.0. The number of benzene rings is 1. The van der Waals surface area contributed by atoms with Gasteiger partial charge in [-0.2, -0.15) is 4.57 Å². The van der Waals surface area contributed by atoms with E-state index in [0.717, 1.165) is 5.56 Å². The summed E-state index contributed by atoms with van der Waals surface area (Å²) < 4.78 is 27.7. The minimum absolute atomic E-state index is 0.0497. The van der Waals surface area contributed by atoms with Crippen LogP contribution in [0.4, 0.5) is 0 Å². The fourth-order valence-corrected chi connectivity index (χ4v) is 2.64. The van der Waals surface area contributed by atoms with Crippen LogP contribution in [-0.4, -0.2) is 14.3 Å². The molecule has 0 aliphatic carbocycles. The van der Waals surface area contributed by atoms with E-state index in [1.54, 1.807) is 41.2 Å². The van der Waals surface area contributed by atoms with Gasteiger partial charge < -0.3 is 0 Å². The third-order valence-electron chi connectivity index (χ3n) is 2.68. The highest BCUT2D eigenvalue weighted by atomic mass is 32.2. The van der Waals surface area contributed by atoms with Crippen molar-refractivity contribution in [3.8, 4) is 0 Å². The molecule has 0 saturated heterocycles. The lowest BCUT2D eigenvalue weighted by molar-refractivity contribution is -0.684. The molecule has 0 aliphatic heterocycles. The Kier molecular flexibility index (Phi) is 4.14. The Morgan fingerprint density at radius 1 is 1.10 bits per heavy atom. The number of aromatic nitrogens is 1. The highest BCUT2D eigenvalue weighted by molar-refractivity contribution is 7.90. The number of carbonyl (C=O) groups is 1.